The largest absolute Gasteiger partial charge is 0.396 e. The van der Waals surface area contributed by atoms with Crippen molar-refractivity contribution in [3.8, 4) is 12.3 Å². The van der Waals surface area contributed by atoms with Crippen LogP contribution in [0.3, 0.4) is 0 Å². The van der Waals surface area contributed by atoms with Crippen LogP contribution >= 0.6 is 0 Å². The van der Waals surface area contributed by atoms with E-state index in [1.807, 2.05) is 0 Å². The Hall–Kier alpha value is -0.520. The molecule has 0 bridgehead atoms. The van der Waals surface area contributed by atoms with Crippen molar-refractivity contribution in [3.05, 3.63) is 0 Å². The van der Waals surface area contributed by atoms with E-state index in [4.69, 9.17) is 6.42 Å². The summed E-state index contributed by atoms with van der Waals surface area (Å²) in [5, 5.41) is 12.8. The van der Waals surface area contributed by atoms with Crippen LogP contribution in [0, 0.1) is 17.8 Å². The van der Waals surface area contributed by atoms with Crippen LogP contribution in [0.25, 0.3) is 0 Å². The highest BCUT2D eigenvalue weighted by atomic mass is 16.3. The zero-order valence-corrected chi connectivity index (χ0v) is 8.89. The molecular formula is C12H21NO. The van der Waals surface area contributed by atoms with E-state index >= 15 is 0 Å². The van der Waals surface area contributed by atoms with Crippen molar-refractivity contribution in [2.45, 2.75) is 38.5 Å². The SMILES string of the molecule is C#CCCNCC1(CO)CCCCC1. The van der Waals surface area contributed by atoms with Gasteiger partial charge in [-0.3, -0.25) is 0 Å². The normalized spacial score (nSPS) is 20.3. The van der Waals surface area contributed by atoms with Crippen LogP contribution in [0.4, 0.5) is 0 Å². The third-order valence-corrected chi connectivity index (χ3v) is 3.20. The number of hydrogen-bond acceptors (Lipinski definition) is 2. The second-order valence-corrected chi connectivity index (χ2v) is 4.35. The molecule has 0 saturated heterocycles. The molecule has 1 aliphatic carbocycles. The van der Waals surface area contributed by atoms with Gasteiger partial charge in [-0.05, 0) is 12.8 Å². The summed E-state index contributed by atoms with van der Waals surface area (Å²) in [5.41, 5.74) is 0.146. The standard InChI is InChI=1S/C12H21NO/c1-2-3-9-13-10-12(11-14)7-5-4-6-8-12/h1,13-14H,3-11H2. The highest BCUT2D eigenvalue weighted by Crippen LogP contribution is 2.35. The molecule has 0 amide bonds. The molecule has 1 rings (SSSR count). The van der Waals surface area contributed by atoms with E-state index in [0.29, 0.717) is 6.61 Å². The number of rotatable bonds is 5. The minimum absolute atomic E-state index is 0.146. The van der Waals surface area contributed by atoms with Crippen molar-refractivity contribution < 1.29 is 5.11 Å². The predicted molar refractivity (Wildman–Crippen MR) is 58.9 cm³/mol. The molecule has 0 spiro atoms. The lowest BCUT2D eigenvalue weighted by Crippen LogP contribution is -2.39. The lowest BCUT2D eigenvalue weighted by atomic mass is 9.74. The molecule has 1 fully saturated rings. The van der Waals surface area contributed by atoms with E-state index in [1.54, 1.807) is 0 Å². The maximum atomic E-state index is 9.42. The van der Waals surface area contributed by atoms with Gasteiger partial charge >= 0.3 is 0 Å². The molecule has 2 heteroatoms. The zero-order chi connectivity index (χ0) is 10.3. The van der Waals surface area contributed by atoms with Crippen molar-refractivity contribution in [3.63, 3.8) is 0 Å². The fourth-order valence-corrected chi connectivity index (χ4v) is 2.21. The molecule has 0 aromatic rings. The number of terminal acetylenes is 1. The number of aliphatic hydroxyl groups excluding tert-OH is 1. The summed E-state index contributed by atoms with van der Waals surface area (Å²) in [5.74, 6) is 2.61. The molecule has 2 nitrogen and oxygen atoms in total. The molecule has 80 valence electrons. The second kappa shape index (κ2) is 6.06. The van der Waals surface area contributed by atoms with Crippen LogP contribution in [0.1, 0.15) is 38.5 Å². The first kappa shape index (κ1) is 11.6. The molecule has 0 aromatic carbocycles. The molecule has 14 heavy (non-hydrogen) atoms. The van der Waals surface area contributed by atoms with Crippen LogP contribution in [0.5, 0.6) is 0 Å². The first-order valence-corrected chi connectivity index (χ1v) is 5.58. The molecule has 0 aliphatic heterocycles. The van der Waals surface area contributed by atoms with E-state index < -0.39 is 0 Å². The minimum Gasteiger partial charge on any atom is -0.396 e. The van der Waals surface area contributed by atoms with Gasteiger partial charge in [0.25, 0.3) is 0 Å². The minimum atomic E-state index is 0.146. The van der Waals surface area contributed by atoms with Gasteiger partial charge in [0.15, 0.2) is 0 Å². The Kier molecular flexibility index (Phi) is 5.00. The van der Waals surface area contributed by atoms with E-state index in [2.05, 4.69) is 11.2 Å². The summed E-state index contributed by atoms with van der Waals surface area (Å²) in [4.78, 5) is 0. The van der Waals surface area contributed by atoms with Gasteiger partial charge in [-0.1, -0.05) is 19.3 Å². The van der Waals surface area contributed by atoms with Gasteiger partial charge in [0.1, 0.15) is 0 Å². The Bertz CT molecular complexity index is 189. The lowest BCUT2D eigenvalue weighted by Gasteiger charge is -2.35. The zero-order valence-electron chi connectivity index (χ0n) is 8.89. The molecule has 0 aromatic heterocycles. The number of aliphatic hydroxyl groups is 1. The Morgan fingerprint density at radius 1 is 1.29 bits per heavy atom. The summed E-state index contributed by atoms with van der Waals surface area (Å²) >= 11 is 0. The highest BCUT2D eigenvalue weighted by molar-refractivity contribution is 4.87. The maximum absolute atomic E-state index is 9.42. The average molecular weight is 195 g/mol. The predicted octanol–water partition coefficient (Wildman–Crippen LogP) is 1.54. The summed E-state index contributed by atoms with van der Waals surface area (Å²) in [6.07, 6.45) is 12.1. The highest BCUT2D eigenvalue weighted by Gasteiger charge is 2.30. The van der Waals surface area contributed by atoms with Gasteiger partial charge in [-0.25, -0.2) is 0 Å². The van der Waals surface area contributed by atoms with Crippen molar-refractivity contribution in [1.29, 1.82) is 0 Å². The Balaban J connectivity index is 2.26. The van der Waals surface area contributed by atoms with Crippen molar-refractivity contribution in [2.24, 2.45) is 5.41 Å². The summed E-state index contributed by atoms with van der Waals surface area (Å²) < 4.78 is 0. The smallest absolute Gasteiger partial charge is 0.0499 e. The molecule has 2 N–H and O–H groups in total. The van der Waals surface area contributed by atoms with Crippen molar-refractivity contribution >= 4 is 0 Å². The van der Waals surface area contributed by atoms with Crippen LogP contribution in [0.15, 0.2) is 0 Å². The van der Waals surface area contributed by atoms with Crippen LogP contribution in [-0.4, -0.2) is 24.8 Å². The van der Waals surface area contributed by atoms with Crippen LogP contribution < -0.4 is 5.32 Å². The van der Waals surface area contributed by atoms with Gasteiger partial charge in [-0.2, -0.15) is 0 Å². The molecule has 1 aliphatic rings. The van der Waals surface area contributed by atoms with E-state index in [1.165, 1.54) is 19.3 Å². The molecule has 1 saturated carbocycles. The fraction of sp³-hybridized carbons (Fsp3) is 0.833. The van der Waals surface area contributed by atoms with Gasteiger partial charge < -0.3 is 10.4 Å². The third-order valence-electron chi connectivity index (χ3n) is 3.20. The summed E-state index contributed by atoms with van der Waals surface area (Å²) in [6.45, 7) is 2.11. The van der Waals surface area contributed by atoms with Gasteiger partial charge in [0.05, 0.1) is 0 Å². The molecular weight excluding hydrogens is 174 g/mol. The fourth-order valence-electron chi connectivity index (χ4n) is 2.21. The summed E-state index contributed by atoms with van der Waals surface area (Å²) in [6, 6.07) is 0. The van der Waals surface area contributed by atoms with Gasteiger partial charge in [-0.15, -0.1) is 12.3 Å². The van der Waals surface area contributed by atoms with E-state index in [-0.39, 0.29) is 5.41 Å². The molecule has 0 heterocycles. The van der Waals surface area contributed by atoms with Crippen LogP contribution in [-0.2, 0) is 0 Å². The van der Waals surface area contributed by atoms with E-state index in [9.17, 15) is 5.11 Å². The van der Waals surface area contributed by atoms with E-state index in [0.717, 1.165) is 32.4 Å². The monoisotopic (exact) mass is 195 g/mol. The van der Waals surface area contributed by atoms with Crippen molar-refractivity contribution in [2.75, 3.05) is 19.7 Å². The second-order valence-electron chi connectivity index (χ2n) is 4.35. The van der Waals surface area contributed by atoms with Gasteiger partial charge in [0, 0.05) is 31.5 Å². The topological polar surface area (TPSA) is 32.3 Å². The molecule has 0 atom stereocenters. The molecule has 0 unspecified atom stereocenters. The molecule has 0 radical (unpaired) electrons. The summed E-state index contributed by atoms with van der Waals surface area (Å²) in [7, 11) is 0. The number of hydrogen-bond donors (Lipinski definition) is 2. The Morgan fingerprint density at radius 2 is 2.00 bits per heavy atom. The lowest BCUT2D eigenvalue weighted by molar-refractivity contribution is 0.0817. The first-order chi connectivity index (χ1) is 6.83. The third kappa shape index (κ3) is 3.32. The maximum Gasteiger partial charge on any atom is 0.0499 e. The Labute approximate surface area is 87.1 Å². The average Bonchev–Trinajstić information content (AvgIpc) is 2.26. The quantitative estimate of drug-likeness (QED) is 0.515. The van der Waals surface area contributed by atoms with Gasteiger partial charge in [0.2, 0.25) is 0 Å². The van der Waals surface area contributed by atoms with Crippen LogP contribution in [0.2, 0.25) is 0 Å². The first-order valence-electron chi connectivity index (χ1n) is 5.58. The van der Waals surface area contributed by atoms with Crippen molar-refractivity contribution in [1.82, 2.24) is 5.32 Å². The Morgan fingerprint density at radius 3 is 2.57 bits per heavy atom. The number of nitrogens with one attached hydrogen (secondary N) is 1.